The molecule has 0 bridgehead atoms. The maximum absolute atomic E-state index is 4.68. The summed E-state index contributed by atoms with van der Waals surface area (Å²) >= 11 is 0. The van der Waals surface area contributed by atoms with E-state index in [9.17, 15) is 0 Å². The van der Waals surface area contributed by atoms with Crippen molar-refractivity contribution in [2.45, 2.75) is 6.92 Å². The second kappa shape index (κ2) is 4.13. The Bertz CT molecular complexity index is 910. The molecular weight excluding hydrogens is 248 g/mol. The second-order valence-electron chi connectivity index (χ2n) is 4.73. The summed E-state index contributed by atoms with van der Waals surface area (Å²) in [5.41, 5.74) is 3.12. The average Bonchev–Trinajstić information content (AvgIpc) is 2.89. The van der Waals surface area contributed by atoms with Gasteiger partial charge in [-0.1, -0.05) is 48.5 Å². The fourth-order valence-corrected chi connectivity index (χ4v) is 2.55. The zero-order chi connectivity index (χ0) is 13.5. The van der Waals surface area contributed by atoms with E-state index in [-0.39, 0.29) is 0 Å². The Morgan fingerprint density at radius 1 is 0.850 bits per heavy atom. The van der Waals surface area contributed by atoms with Gasteiger partial charge in [0.1, 0.15) is 5.82 Å². The van der Waals surface area contributed by atoms with Crippen LogP contribution in [0.3, 0.4) is 0 Å². The van der Waals surface area contributed by atoms with Crippen LogP contribution in [0.4, 0.5) is 0 Å². The van der Waals surface area contributed by atoms with Crippen molar-refractivity contribution in [2.24, 2.45) is 0 Å². The predicted octanol–water partition coefficient (Wildman–Crippen LogP) is 3.25. The Labute approximate surface area is 115 Å². The molecule has 4 heteroatoms. The van der Waals surface area contributed by atoms with Crippen LogP contribution in [0.5, 0.6) is 0 Å². The lowest BCUT2D eigenvalue weighted by Gasteiger charge is -2.08. The highest BCUT2D eigenvalue weighted by Crippen LogP contribution is 2.27. The molecule has 0 spiro atoms. The molecule has 4 nitrogen and oxygen atoms in total. The van der Waals surface area contributed by atoms with Crippen LogP contribution in [-0.2, 0) is 0 Å². The standard InChI is InChI=1S/C16H12N4/c1-11-18-19-16-17-15(12-7-3-2-4-8-12)13-9-5-6-10-14(13)20(11)16/h2-10H,1H3. The third-order valence-electron chi connectivity index (χ3n) is 3.47. The van der Waals surface area contributed by atoms with E-state index in [1.807, 2.05) is 41.7 Å². The van der Waals surface area contributed by atoms with Crippen molar-refractivity contribution in [2.75, 3.05) is 0 Å². The van der Waals surface area contributed by atoms with Gasteiger partial charge in [0.15, 0.2) is 0 Å². The number of hydrogen-bond acceptors (Lipinski definition) is 3. The third-order valence-corrected chi connectivity index (χ3v) is 3.47. The van der Waals surface area contributed by atoms with Crippen LogP contribution in [0, 0.1) is 6.92 Å². The number of rotatable bonds is 1. The van der Waals surface area contributed by atoms with E-state index >= 15 is 0 Å². The molecule has 2 aromatic heterocycles. The van der Waals surface area contributed by atoms with Crippen LogP contribution >= 0.6 is 0 Å². The topological polar surface area (TPSA) is 43.1 Å². The monoisotopic (exact) mass is 260 g/mol. The molecule has 4 rings (SSSR count). The van der Waals surface area contributed by atoms with Crippen molar-refractivity contribution in [1.82, 2.24) is 19.6 Å². The van der Waals surface area contributed by atoms with Crippen molar-refractivity contribution in [3.05, 3.63) is 60.4 Å². The number of fused-ring (bicyclic) bond motifs is 3. The van der Waals surface area contributed by atoms with E-state index in [1.54, 1.807) is 0 Å². The van der Waals surface area contributed by atoms with Crippen LogP contribution in [0.15, 0.2) is 54.6 Å². The largest absolute Gasteiger partial charge is 0.263 e. The van der Waals surface area contributed by atoms with Crippen molar-refractivity contribution in [3.8, 4) is 11.3 Å². The Kier molecular flexibility index (Phi) is 2.29. The Balaban J connectivity index is 2.20. The lowest BCUT2D eigenvalue weighted by Crippen LogP contribution is -1.97. The quantitative estimate of drug-likeness (QED) is 0.527. The van der Waals surface area contributed by atoms with Crippen molar-refractivity contribution < 1.29 is 0 Å². The normalized spacial score (nSPS) is 11.2. The van der Waals surface area contributed by atoms with Crippen LogP contribution in [0.25, 0.3) is 27.9 Å². The van der Waals surface area contributed by atoms with Gasteiger partial charge in [-0.3, -0.25) is 4.40 Å². The summed E-state index contributed by atoms with van der Waals surface area (Å²) in [4.78, 5) is 4.68. The molecule has 0 unspecified atom stereocenters. The molecule has 0 fully saturated rings. The summed E-state index contributed by atoms with van der Waals surface area (Å²) in [6.07, 6.45) is 0. The third kappa shape index (κ3) is 1.51. The summed E-state index contributed by atoms with van der Waals surface area (Å²) in [5.74, 6) is 1.49. The van der Waals surface area contributed by atoms with Gasteiger partial charge in [0.2, 0.25) is 0 Å². The molecule has 0 N–H and O–H groups in total. The van der Waals surface area contributed by atoms with Gasteiger partial charge in [0, 0.05) is 10.9 Å². The molecule has 20 heavy (non-hydrogen) atoms. The van der Waals surface area contributed by atoms with Gasteiger partial charge < -0.3 is 0 Å². The molecule has 0 aliphatic heterocycles. The number of nitrogens with zero attached hydrogens (tertiary/aromatic N) is 4. The van der Waals surface area contributed by atoms with E-state index in [1.165, 1.54) is 0 Å². The molecule has 0 radical (unpaired) electrons. The van der Waals surface area contributed by atoms with Gasteiger partial charge >= 0.3 is 0 Å². The molecular formula is C16H12N4. The maximum Gasteiger partial charge on any atom is 0.256 e. The minimum Gasteiger partial charge on any atom is -0.263 e. The first-order chi connectivity index (χ1) is 9.84. The predicted molar refractivity (Wildman–Crippen MR) is 78.5 cm³/mol. The number of benzene rings is 2. The number of aryl methyl sites for hydroxylation is 1. The number of aromatic nitrogens is 4. The first kappa shape index (κ1) is 11.1. The first-order valence-corrected chi connectivity index (χ1v) is 6.50. The van der Waals surface area contributed by atoms with Crippen molar-refractivity contribution in [1.29, 1.82) is 0 Å². The summed E-state index contributed by atoms with van der Waals surface area (Å²) in [6.45, 7) is 1.94. The molecule has 96 valence electrons. The average molecular weight is 260 g/mol. The zero-order valence-corrected chi connectivity index (χ0v) is 11.0. The maximum atomic E-state index is 4.68. The highest BCUT2D eigenvalue weighted by Gasteiger charge is 2.12. The van der Waals surface area contributed by atoms with E-state index in [2.05, 4.69) is 39.4 Å². The lowest BCUT2D eigenvalue weighted by atomic mass is 10.1. The Hall–Kier alpha value is -2.75. The molecule has 2 aromatic carbocycles. The summed E-state index contributed by atoms with van der Waals surface area (Å²) < 4.78 is 1.99. The highest BCUT2D eigenvalue weighted by atomic mass is 15.3. The molecule has 0 aliphatic carbocycles. The highest BCUT2D eigenvalue weighted by molar-refractivity contribution is 5.94. The zero-order valence-electron chi connectivity index (χ0n) is 11.0. The van der Waals surface area contributed by atoms with Gasteiger partial charge in [0.25, 0.3) is 5.78 Å². The molecule has 0 amide bonds. The fourth-order valence-electron chi connectivity index (χ4n) is 2.55. The van der Waals surface area contributed by atoms with Gasteiger partial charge in [-0.25, -0.2) is 4.98 Å². The van der Waals surface area contributed by atoms with Crippen molar-refractivity contribution in [3.63, 3.8) is 0 Å². The van der Waals surface area contributed by atoms with Gasteiger partial charge in [0.05, 0.1) is 11.2 Å². The molecule has 2 heterocycles. The number of hydrogen-bond donors (Lipinski definition) is 0. The smallest absolute Gasteiger partial charge is 0.256 e. The Morgan fingerprint density at radius 3 is 2.45 bits per heavy atom. The second-order valence-corrected chi connectivity index (χ2v) is 4.73. The summed E-state index contributed by atoms with van der Waals surface area (Å²) in [6, 6.07) is 18.4. The SMILES string of the molecule is Cc1nnc2nc(-c3ccccc3)c3ccccc3n12. The van der Waals surface area contributed by atoms with Gasteiger partial charge in [-0.05, 0) is 13.0 Å². The van der Waals surface area contributed by atoms with E-state index in [4.69, 9.17) is 0 Å². The molecule has 4 aromatic rings. The molecule has 0 saturated heterocycles. The summed E-state index contributed by atoms with van der Waals surface area (Å²) in [5, 5.41) is 9.39. The first-order valence-electron chi connectivity index (χ1n) is 6.50. The van der Waals surface area contributed by atoms with E-state index in [0.29, 0.717) is 5.78 Å². The lowest BCUT2D eigenvalue weighted by molar-refractivity contribution is 1.02. The Morgan fingerprint density at radius 2 is 1.60 bits per heavy atom. The van der Waals surface area contributed by atoms with Crippen LogP contribution in [-0.4, -0.2) is 19.6 Å². The molecule has 0 aliphatic rings. The minimum absolute atomic E-state index is 0.639. The fraction of sp³-hybridized carbons (Fsp3) is 0.0625. The van der Waals surface area contributed by atoms with Crippen LogP contribution < -0.4 is 0 Å². The van der Waals surface area contributed by atoms with Crippen molar-refractivity contribution >= 4 is 16.7 Å². The van der Waals surface area contributed by atoms with E-state index in [0.717, 1.165) is 28.0 Å². The molecule has 0 saturated carbocycles. The van der Waals surface area contributed by atoms with Gasteiger partial charge in [-0.2, -0.15) is 0 Å². The van der Waals surface area contributed by atoms with E-state index < -0.39 is 0 Å². The minimum atomic E-state index is 0.639. The van der Waals surface area contributed by atoms with Gasteiger partial charge in [-0.15, -0.1) is 10.2 Å². The van der Waals surface area contributed by atoms with Crippen LogP contribution in [0.2, 0.25) is 0 Å². The summed E-state index contributed by atoms with van der Waals surface area (Å²) in [7, 11) is 0. The molecule has 0 atom stereocenters. The number of para-hydroxylation sites is 1. The van der Waals surface area contributed by atoms with Crippen LogP contribution in [0.1, 0.15) is 5.82 Å².